The molecule has 0 atom stereocenters. The van der Waals surface area contributed by atoms with Gasteiger partial charge in [0.05, 0.1) is 26.8 Å². The van der Waals surface area contributed by atoms with E-state index in [0.29, 0.717) is 34.9 Å². The summed E-state index contributed by atoms with van der Waals surface area (Å²) >= 11 is 3.34. The van der Waals surface area contributed by atoms with Crippen molar-refractivity contribution < 1.29 is 0 Å². The van der Waals surface area contributed by atoms with Crippen molar-refractivity contribution in [3.8, 4) is 135 Å². The zero-order chi connectivity index (χ0) is 70.3. The normalized spacial score (nSPS) is 11.4. The van der Waals surface area contributed by atoms with Gasteiger partial charge < -0.3 is 0 Å². The molecule has 0 aliphatic rings. The molecule has 13 heteroatoms. The van der Waals surface area contributed by atoms with Gasteiger partial charge in [-0.3, -0.25) is 4.98 Å². The average Bonchev–Trinajstić information content (AvgIpc) is 1.59. The summed E-state index contributed by atoms with van der Waals surface area (Å²) in [5, 5.41) is 1.16. The molecule has 0 amide bonds. The Morgan fingerprint density at radius 1 is 0.179 bits per heavy atom. The molecule has 20 aromatic rings. The summed E-state index contributed by atoms with van der Waals surface area (Å²) in [7, 11) is 0. The van der Waals surface area contributed by atoms with Gasteiger partial charge in [0.15, 0.2) is 34.9 Å². The predicted octanol–water partition coefficient (Wildman–Crippen LogP) is 23.8. The maximum absolute atomic E-state index is 5.12. The molecule has 106 heavy (non-hydrogen) atoms. The van der Waals surface area contributed by atoms with Crippen LogP contribution < -0.4 is 0 Å². The van der Waals surface area contributed by atoms with Crippen LogP contribution in [-0.4, -0.2) is 54.8 Å². The lowest BCUT2D eigenvalue weighted by Crippen LogP contribution is -2.00. The number of hydrogen-bond donors (Lipinski definition) is 0. The molecule has 7 aromatic heterocycles. The molecule has 20 rings (SSSR count). The fraction of sp³-hybridized carbons (Fsp3) is 0. The minimum atomic E-state index is 0.629. The number of fused-ring (bicyclic) bond motifs is 8. The highest BCUT2D eigenvalue weighted by Gasteiger charge is 2.20. The first kappa shape index (κ1) is 63.1. The Kier molecular flexibility index (Phi) is 16.4. The molecule has 0 fully saturated rings. The largest absolute Gasteiger partial charge is 0.253 e. The number of thiophene rings is 2. The maximum Gasteiger partial charge on any atom is 0.164 e. The standard InChI is InChI=1S/C47H29N5S.C46H28N6S/c1-3-10-30(11-4-1)31-20-26-36(27-21-31)45-50-44(35-12-5-2-6-13-35)51-46(52-45)37-28-22-33(23-29-37)32-18-24-34(25-19-32)38-15-9-16-40-42(38)49-47-43(48-40)39-14-7-8-17-41(39)53-47;1-3-9-29(10-4-1)30-17-23-35(24-18-30)44-50-43(34-11-5-2-6-12-34)51-45(52-44)36-25-19-32(20-26-36)31-15-21-33(22-16-31)37-27-28-47-40-41-46(53-42(37)40)49-39-14-8-7-13-38(39)48-41/h1-29H;1-28H. The molecule has 0 spiro atoms. The molecule has 11 nitrogen and oxygen atoms in total. The summed E-state index contributed by atoms with van der Waals surface area (Å²) in [5.74, 6) is 3.82. The molecule has 0 bridgehead atoms. The van der Waals surface area contributed by atoms with Gasteiger partial charge in [-0.25, -0.2) is 49.8 Å². The molecule has 13 aromatic carbocycles. The van der Waals surface area contributed by atoms with Crippen molar-refractivity contribution in [2.75, 3.05) is 0 Å². The number of para-hydroxylation sites is 3. The zero-order valence-electron chi connectivity index (χ0n) is 56.6. The summed E-state index contributed by atoms with van der Waals surface area (Å²) < 4.78 is 2.30. The van der Waals surface area contributed by atoms with Gasteiger partial charge in [0.25, 0.3) is 0 Å². The van der Waals surface area contributed by atoms with Gasteiger partial charge in [0, 0.05) is 60.8 Å². The molecule has 0 radical (unpaired) electrons. The highest BCUT2D eigenvalue weighted by molar-refractivity contribution is 7.26. The topological polar surface area (TPSA) is 142 Å². The van der Waals surface area contributed by atoms with Crippen molar-refractivity contribution in [3.63, 3.8) is 0 Å². The molecule has 496 valence electrons. The Hall–Kier alpha value is -13.9. The molecule has 0 unspecified atom stereocenters. The summed E-state index contributed by atoms with van der Waals surface area (Å²) in [6.45, 7) is 0. The molecular formula is C93H57N11S2. The molecule has 0 aliphatic carbocycles. The molecule has 7 heterocycles. The van der Waals surface area contributed by atoms with Gasteiger partial charge in [-0.2, -0.15) is 0 Å². The van der Waals surface area contributed by atoms with Crippen molar-refractivity contribution in [2.24, 2.45) is 0 Å². The SMILES string of the molecule is c1ccc(-c2ccc(-c3nc(-c4ccccc4)nc(-c4ccc(-c5ccc(-c6cccc7nc8c(nc67)sc6ccccc68)cc5)cc4)n3)cc2)cc1.c1ccc(-c2ccc(-c3nc(-c4ccccc4)nc(-c4ccc(-c5ccc(-c6ccnc7c6sc6nc8ccccc8nc67)cc5)cc4)n3)cc2)cc1. The lowest BCUT2D eigenvalue weighted by molar-refractivity contribution is 1.07. The van der Waals surface area contributed by atoms with Crippen molar-refractivity contribution in [1.29, 1.82) is 0 Å². The summed E-state index contributed by atoms with van der Waals surface area (Å²) in [6, 6.07) is 117. The van der Waals surface area contributed by atoms with Gasteiger partial charge in [-0.1, -0.05) is 309 Å². The van der Waals surface area contributed by atoms with Crippen molar-refractivity contribution in [1.82, 2.24) is 54.8 Å². The van der Waals surface area contributed by atoms with Crippen LogP contribution in [-0.2, 0) is 0 Å². The molecule has 0 saturated carbocycles. The smallest absolute Gasteiger partial charge is 0.164 e. The Bertz CT molecular complexity index is 6350. The molecule has 0 aliphatic heterocycles. The second-order valence-corrected chi connectivity index (χ2v) is 27.7. The number of hydrogen-bond acceptors (Lipinski definition) is 13. The van der Waals surface area contributed by atoms with Gasteiger partial charge >= 0.3 is 0 Å². The average molecular weight is 1390 g/mol. The van der Waals surface area contributed by atoms with E-state index in [1.807, 2.05) is 109 Å². The summed E-state index contributed by atoms with van der Waals surface area (Å²) in [6.07, 6.45) is 1.86. The monoisotopic (exact) mass is 1390 g/mol. The van der Waals surface area contributed by atoms with Gasteiger partial charge in [-0.05, 0) is 86.0 Å². The maximum atomic E-state index is 5.12. The van der Waals surface area contributed by atoms with Crippen LogP contribution in [0.3, 0.4) is 0 Å². The van der Waals surface area contributed by atoms with E-state index in [2.05, 4.69) is 237 Å². The number of nitrogens with zero attached hydrogens (tertiary/aromatic N) is 11. The van der Waals surface area contributed by atoms with Crippen LogP contribution in [0.4, 0.5) is 0 Å². The van der Waals surface area contributed by atoms with Crippen LogP contribution in [0, 0.1) is 0 Å². The number of benzene rings is 13. The Morgan fingerprint density at radius 2 is 0.500 bits per heavy atom. The highest BCUT2D eigenvalue weighted by Crippen LogP contribution is 2.41. The van der Waals surface area contributed by atoms with Gasteiger partial charge in [-0.15, -0.1) is 22.7 Å². The molecule has 0 N–H and O–H groups in total. The first-order valence-electron chi connectivity index (χ1n) is 34.9. The second kappa shape index (κ2) is 27.5. The first-order valence-corrected chi connectivity index (χ1v) is 36.5. The van der Waals surface area contributed by atoms with Crippen LogP contribution in [0.15, 0.2) is 346 Å². The van der Waals surface area contributed by atoms with Crippen LogP contribution >= 0.6 is 22.7 Å². The first-order chi connectivity index (χ1) is 52.5. The van der Waals surface area contributed by atoms with E-state index in [1.54, 1.807) is 22.7 Å². The predicted molar refractivity (Wildman–Crippen MR) is 435 cm³/mol. The summed E-state index contributed by atoms with van der Waals surface area (Å²) in [5.41, 5.74) is 25.4. The van der Waals surface area contributed by atoms with Gasteiger partial charge in [0.1, 0.15) is 26.2 Å². The van der Waals surface area contributed by atoms with E-state index in [0.717, 1.165) is 147 Å². The fourth-order valence-corrected chi connectivity index (χ4v) is 15.7. The van der Waals surface area contributed by atoms with Crippen LogP contribution in [0.25, 0.3) is 198 Å². The third kappa shape index (κ3) is 12.4. The minimum Gasteiger partial charge on any atom is -0.253 e. The Labute approximate surface area is 617 Å². The minimum absolute atomic E-state index is 0.629. The van der Waals surface area contributed by atoms with E-state index < -0.39 is 0 Å². The molecular weight excluding hydrogens is 1340 g/mol. The third-order valence-electron chi connectivity index (χ3n) is 19.1. The van der Waals surface area contributed by atoms with Crippen LogP contribution in [0.1, 0.15) is 0 Å². The van der Waals surface area contributed by atoms with Crippen LogP contribution in [0.5, 0.6) is 0 Å². The fourth-order valence-electron chi connectivity index (χ4n) is 13.5. The number of pyridine rings is 1. The van der Waals surface area contributed by atoms with Gasteiger partial charge in [0.2, 0.25) is 0 Å². The third-order valence-corrected chi connectivity index (χ3v) is 21.2. The lowest BCUT2D eigenvalue weighted by Gasteiger charge is -2.10. The van der Waals surface area contributed by atoms with Crippen molar-refractivity contribution in [3.05, 3.63) is 346 Å². The zero-order valence-corrected chi connectivity index (χ0v) is 58.3. The molecule has 0 saturated heterocycles. The number of rotatable bonds is 12. The summed E-state index contributed by atoms with van der Waals surface area (Å²) in [4.78, 5) is 56.2. The highest BCUT2D eigenvalue weighted by atomic mass is 32.1. The van der Waals surface area contributed by atoms with E-state index in [9.17, 15) is 0 Å². The van der Waals surface area contributed by atoms with Crippen LogP contribution in [0.2, 0.25) is 0 Å². The Balaban J connectivity index is 0.000000145. The second-order valence-electron chi connectivity index (χ2n) is 25.7. The number of aromatic nitrogens is 11. The quantitative estimate of drug-likeness (QED) is 0.115. The van der Waals surface area contributed by atoms with Crippen molar-refractivity contribution >= 4 is 85.7 Å². The van der Waals surface area contributed by atoms with Crippen molar-refractivity contribution in [2.45, 2.75) is 0 Å². The van der Waals surface area contributed by atoms with E-state index in [4.69, 9.17) is 54.8 Å². The lowest BCUT2D eigenvalue weighted by atomic mass is 9.98. The Morgan fingerprint density at radius 3 is 0.943 bits per heavy atom. The van der Waals surface area contributed by atoms with E-state index in [-0.39, 0.29) is 0 Å². The van der Waals surface area contributed by atoms with E-state index in [1.165, 1.54) is 15.8 Å². The van der Waals surface area contributed by atoms with E-state index >= 15 is 0 Å².